The van der Waals surface area contributed by atoms with Gasteiger partial charge in [0, 0.05) is 5.92 Å². The van der Waals surface area contributed by atoms with Gasteiger partial charge in [0.15, 0.2) is 11.5 Å². The zero-order chi connectivity index (χ0) is 29.8. The first-order chi connectivity index (χ1) is 19.0. The van der Waals surface area contributed by atoms with Crippen molar-refractivity contribution in [2.24, 2.45) is 11.7 Å². The maximum atomic E-state index is 12.4. The molecule has 0 bridgehead atoms. The highest BCUT2D eigenvalue weighted by molar-refractivity contribution is 5.89. The van der Waals surface area contributed by atoms with Gasteiger partial charge < -0.3 is 34.5 Å². The van der Waals surface area contributed by atoms with E-state index in [1.165, 1.54) is 18.2 Å². The third-order valence-corrected chi connectivity index (χ3v) is 6.26. The number of carbonyl (C=O) groups is 4. The Morgan fingerprint density at radius 1 is 0.825 bits per heavy atom. The average molecular weight is 560 g/mol. The summed E-state index contributed by atoms with van der Waals surface area (Å²) in [4.78, 5) is 49.1. The van der Waals surface area contributed by atoms with Crippen molar-refractivity contribution in [3.8, 4) is 11.5 Å². The average Bonchev–Trinajstić information content (AvgIpc) is 2.93. The van der Waals surface area contributed by atoms with Crippen LogP contribution in [-0.4, -0.2) is 54.2 Å². The standard InChI is InChI=1S/C29H37NO10/c1-6-18(4)37-28(34)39-22-14-13-21(15-23(22)40-29(35)38-19(5)7-2)24(25(30)26(31)32)17(3)16-36-27(33)20-11-9-8-10-12-20/h8-15,17-19,24-25H,6-7,16,30H2,1-5H3,(H,31,32)/t17?,18?,19?,24?,25-/m0/s1. The zero-order valence-corrected chi connectivity index (χ0v) is 23.3. The van der Waals surface area contributed by atoms with Crippen LogP contribution in [0.15, 0.2) is 48.5 Å². The van der Waals surface area contributed by atoms with Crippen LogP contribution < -0.4 is 15.2 Å². The Morgan fingerprint density at radius 2 is 1.38 bits per heavy atom. The topological polar surface area (TPSA) is 161 Å². The van der Waals surface area contributed by atoms with Crippen LogP contribution in [-0.2, 0) is 19.0 Å². The first-order valence-electron chi connectivity index (χ1n) is 13.1. The van der Waals surface area contributed by atoms with Gasteiger partial charge >= 0.3 is 24.2 Å². The van der Waals surface area contributed by atoms with Crippen molar-refractivity contribution >= 4 is 24.2 Å². The van der Waals surface area contributed by atoms with E-state index >= 15 is 0 Å². The smallest absolute Gasteiger partial charge is 0.480 e. The molecule has 0 aliphatic carbocycles. The summed E-state index contributed by atoms with van der Waals surface area (Å²) in [5, 5.41) is 9.72. The van der Waals surface area contributed by atoms with Gasteiger partial charge in [0.05, 0.1) is 12.2 Å². The summed E-state index contributed by atoms with van der Waals surface area (Å²) < 4.78 is 26.4. The number of carboxylic acid groups (broad SMARTS) is 1. The first kappa shape index (κ1) is 32.1. The number of benzene rings is 2. The molecule has 3 N–H and O–H groups in total. The molecule has 11 nitrogen and oxygen atoms in total. The van der Waals surface area contributed by atoms with Crippen molar-refractivity contribution in [3.05, 3.63) is 59.7 Å². The second-order valence-electron chi connectivity index (χ2n) is 9.42. The molecule has 0 amide bonds. The monoisotopic (exact) mass is 559 g/mol. The summed E-state index contributed by atoms with van der Waals surface area (Å²) in [7, 11) is 0. The molecule has 0 aliphatic rings. The van der Waals surface area contributed by atoms with E-state index in [1.807, 2.05) is 13.8 Å². The van der Waals surface area contributed by atoms with E-state index in [0.717, 1.165) is 0 Å². The number of carbonyl (C=O) groups excluding carboxylic acids is 3. The maximum Gasteiger partial charge on any atom is 0.514 e. The third-order valence-electron chi connectivity index (χ3n) is 6.26. The molecule has 0 spiro atoms. The Bertz CT molecular complexity index is 1150. The first-order valence-corrected chi connectivity index (χ1v) is 13.1. The van der Waals surface area contributed by atoms with E-state index < -0.39 is 54.3 Å². The lowest BCUT2D eigenvalue weighted by Gasteiger charge is -2.28. The summed E-state index contributed by atoms with van der Waals surface area (Å²) >= 11 is 0. The summed E-state index contributed by atoms with van der Waals surface area (Å²) in [6.45, 7) is 8.55. The molecule has 2 aromatic carbocycles. The van der Waals surface area contributed by atoms with Gasteiger partial charge in [0.2, 0.25) is 0 Å². The lowest BCUT2D eigenvalue weighted by atomic mass is 9.82. The van der Waals surface area contributed by atoms with Crippen molar-refractivity contribution in [3.63, 3.8) is 0 Å². The van der Waals surface area contributed by atoms with Crippen molar-refractivity contribution in [1.29, 1.82) is 0 Å². The Kier molecular flexibility index (Phi) is 12.4. The minimum absolute atomic E-state index is 0.148. The van der Waals surface area contributed by atoms with Crippen LogP contribution >= 0.6 is 0 Å². The van der Waals surface area contributed by atoms with Gasteiger partial charge in [0.1, 0.15) is 18.2 Å². The van der Waals surface area contributed by atoms with E-state index in [2.05, 4.69) is 0 Å². The number of hydrogen-bond acceptors (Lipinski definition) is 10. The van der Waals surface area contributed by atoms with Crippen molar-refractivity contribution in [2.45, 2.75) is 71.6 Å². The summed E-state index contributed by atoms with van der Waals surface area (Å²) in [6.07, 6.45) is -1.82. The molecule has 0 saturated heterocycles. The SMILES string of the molecule is CCC(C)OC(=O)Oc1ccc(C(C(C)COC(=O)c2ccccc2)[C@H](N)C(=O)O)cc1OC(=O)OC(C)CC. The van der Waals surface area contributed by atoms with Gasteiger partial charge in [-0.15, -0.1) is 0 Å². The Balaban J connectivity index is 2.38. The predicted octanol–water partition coefficient (Wildman–Crippen LogP) is 5.30. The highest BCUT2D eigenvalue weighted by atomic mass is 16.7. The second-order valence-corrected chi connectivity index (χ2v) is 9.42. The van der Waals surface area contributed by atoms with Crippen LogP contribution in [0.4, 0.5) is 9.59 Å². The predicted molar refractivity (Wildman–Crippen MR) is 144 cm³/mol. The Labute approximate surface area is 233 Å². The molecule has 218 valence electrons. The fourth-order valence-electron chi connectivity index (χ4n) is 3.63. The number of aliphatic carboxylic acids is 1. The van der Waals surface area contributed by atoms with Crippen molar-refractivity contribution < 1.29 is 48.0 Å². The lowest BCUT2D eigenvalue weighted by Crippen LogP contribution is -2.40. The highest BCUT2D eigenvalue weighted by Crippen LogP contribution is 2.36. The van der Waals surface area contributed by atoms with Gasteiger partial charge in [0.25, 0.3) is 0 Å². The largest absolute Gasteiger partial charge is 0.514 e. The number of carboxylic acids is 1. The quantitative estimate of drug-likeness (QED) is 0.186. The van der Waals surface area contributed by atoms with Gasteiger partial charge in [-0.25, -0.2) is 14.4 Å². The van der Waals surface area contributed by atoms with Gasteiger partial charge in [-0.05, 0) is 62.4 Å². The molecule has 2 aromatic rings. The molecular weight excluding hydrogens is 522 g/mol. The molecule has 0 fully saturated rings. The number of esters is 1. The van der Waals surface area contributed by atoms with E-state index in [-0.39, 0.29) is 18.1 Å². The molecule has 0 radical (unpaired) electrons. The van der Waals surface area contributed by atoms with Crippen LogP contribution in [0.5, 0.6) is 11.5 Å². The van der Waals surface area contributed by atoms with Crippen molar-refractivity contribution in [1.82, 2.24) is 0 Å². The van der Waals surface area contributed by atoms with E-state index in [9.17, 15) is 24.3 Å². The van der Waals surface area contributed by atoms with E-state index in [4.69, 9.17) is 29.4 Å². The van der Waals surface area contributed by atoms with E-state index in [0.29, 0.717) is 24.0 Å². The minimum Gasteiger partial charge on any atom is -0.480 e. The van der Waals surface area contributed by atoms with Crippen LogP contribution in [0, 0.1) is 5.92 Å². The fourth-order valence-corrected chi connectivity index (χ4v) is 3.63. The molecule has 0 heterocycles. The summed E-state index contributed by atoms with van der Waals surface area (Å²) in [5.41, 5.74) is 6.74. The molecule has 5 atom stereocenters. The molecule has 0 aromatic heterocycles. The number of rotatable bonds is 13. The molecule has 2 rings (SSSR count). The number of hydrogen-bond donors (Lipinski definition) is 2. The minimum atomic E-state index is -1.41. The van der Waals surface area contributed by atoms with Crippen LogP contribution in [0.3, 0.4) is 0 Å². The lowest BCUT2D eigenvalue weighted by molar-refractivity contribution is -0.139. The van der Waals surface area contributed by atoms with Crippen LogP contribution in [0.1, 0.15) is 69.3 Å². The Morgan fingerprint density at radius 3 is 1.90 bits per heavy atom. The second kappa shape index (κ2) is 15.5. The molecule has 4 unspecified atom stereocenters. The Hall–Kier alpha value is -4.12. The van der Waals surface area contributed by atoms with Gasteiger partial charge in [-0.3, -0.25) is 4.79 Å². The number of nitrogens with two attached hydrogens (primary N) is 1. The maximum absolute atomic E-state index is 12.4. The van der Waals surface area contributed by atoms with Crippen LogP contribution in [0.2, 0.25) is 0 Å². The fraction of sp³-hybridized carbons (Fsp3) is 0.448. The zero-order valence-electron chi connectivity index (χ0n) is 23.3. The van der Waals surface area contributed by atoms with Gasteiger partial charge in [-0.1, -0.05) is 45.0 Å². The highest BCUT2D eigenvalue weighted by Gasteiger charge is 2.33. The summed E-state index contributed by atoms with van der Waals surface area (Å²) in [5.74, 6) is -3.69. The summed E-state index contributed by atoms with van der Waals surface area (Å²) in [6, 6.07) is 11.1. The van der Waals surface area contributed by atoms with Gasteiger partial charge in [-0.2, -0.15) is 0 Å². The normalized spacial score (nSPS) is 14.6. The van der Waals surface area contributed by atoms with Crippen LogP contribution in [0.25, 0.3) is 0 Å². The molecule has 0 saturated carbocycles. The van der Waals surface area contributed by atoms with E-state index in [1.54, 1.807) is 51.1 Å². The molecule has 11 heteroatoms. The molecule has 40 heavy (non-hydrogen) atoms. The molecule has 0 aliphatic heterocycles. The number of ether oxygens (including phenoxy) is 5. The van der Waals surface area contributed by atoms with Crippen molar-refractivity contribution in [2.75, 3.05) is 6.61 Å². The molecular formula is C29H37NO10. The third kappa shape index (κ3) is 9.57.